The third kappa shape index (κ3) is 3.02. The molecule has 7 heteroatoms. The van der Waals surface area contributed by atoms with Crippen LogP contribution in [-0.4, -0.2) is 15.6 Å². The molecule has 1 unspecified atom stereocenters. The molecule has 1 amide bonds. The predicted octanol–water partition coefficient (Wildman–Crippen LogP) is 4.56. The molecule has 6 rings (SSSR count). The minimum absolute atomic E-state index is 0.331. The van der Waals surface area contributed by atoms with Crippen LogP contribution in [0.1, 0.15) is 22.3 Å². The van der Waals surface area contributed by atoms with Crippen molar-refractivity contribution >= 4 is 22.5 Å². The Balaban J connectivity index is 1.68. The first-order valence-corrected chi connectivity index (χ1v) is 10.5. The molecule has 7 nitrogen and oxygen atoms in total. The van der Waals surface area contributed by atoms with Crippen LogP contribution in [0.5, 0.6) is 0 Å². The van der Waals surface area contributed by atoms with E-state index in [1.807, 2.05) is 48.5 Å². The maximum Gasteiger partial charge on any atom is 0.280 e. The molecule has 1 aliphatic heterocycles. The van der Waals surface area contributed by atoms with Crippen molar-refractivity contribution in [2.75, 3.05) is 10.3 Å². The summed E-state index contributed by atoms with van der Waals surface area (Å²) in [5.74, 6) is 0.532. The lowest BCUT2D eigenvalue weighted by Crippen LogP contribution is -2.54. The second kappa shape index (κ2) is 7.49. The number of hydrogen-bond donors (Lipinski definition) is 1. The van der Waals surface area contributed by atoms with Crippen molar-refractivity contribution < 1.29 is 9.21 Å². The molecule has 0 saturated heterocycles. The van der Waals surface area contributed by atoms with Gasteiger partial charge in [-0.15, -0.1) is 0 Å². The average molecular weight is 434 g/mol. The summed E-state index contributed by atoms with van der Waals surface area (Å²) in [5, 5.41) is 5.17. The second-order valence-electron chi connectivity index (χ2n) is 7.69. The molecule has 0 spiro atoms. The Morgan fingerprint density at radius 1 is 0.818 bits per heavy atom. The average Bonchev–Trinajstić information content (AvgIpc) is 3.40. The Labute approximate surface area is 188 Å². The fourth-order valence-electron chi connectivity index (χ4n) is 4.19. The van der Waals surface area contributed by atoms with Crippen LogP contribution in [0.15, 0.2) is 106 Å². The molecule has 0 saturated carbocycles. The summed E-state index contributed by atoms with van der Waals surface area (Å²) in [7, 11) is 0. The number of carbonyl (C=O) groups is 1. The molecule has 3 aromatic carbocycles. The maximum absolute atomic E-state index is 13.9. The Bertz CT molecular complexity index is 1540. The number of amides is 1. The molecule has 1 aliphatic rings. The number of rotatable bonds is 3. The molecular formula is C26H18N4O3. The van der Waals surface area contributed by atoms with Crippen LogP contribution in [-0.2, 0) is 0 Å². The molecule has 1 N–H and O–H groups in total. The van der Waals surface area contributed by atoms with Crippen LogP contribution in [0.25, 0.3) is 22.3 Å². The molecule has 0 radical (unpaired) electrons. The van der Waals surface area contributed by atoms with Crippen molar-refractivity contribution in [1.29, 1.82) is 0 Å². The van der Waals surface area contributed by atoms with E-state index in [1.54, 1.807) is 48.7 Å². The molecule has 0 bridgehead atoms. The van der Waals surface area contributed by atoms with Gasteiger partial charge in [-0.05, 0) is 36.4 Å². The summed E-state index contributed by atoms with van der Waals surface area (Å²) >= 11 is 0. The first-order chi connectivity index (χ1) is 16.2. The van der Waals surface area contributed by atoms with Crippen molar-refractivity contribution in [1.82, 2.24) is 9.66 Å². The quantitative estimate of drug-likeness (QED) is 0.450. The van der Waals surface area contributed by atoms with Crippen molar-refractivity contribution in [3.05, 3.63) is 119 Å². The number of anilines is 1. The van der Waals surface area contributed by atoms with Crippen LogP contribution in [0.3, 0.4) is 0 Å². The van der Waals surface area contributed by atoms with Gasteiger partial charge in [0.2, 0.25) is 0 Å². The lowest BCUT2D eigenvalue weighted by atomic mass is 10.1. The van der Waals surface area contributed by atoms with E-state index in [2.05, 4.69) is 5.32 Å². The van der Waals surface area contributed by atoms with E-state index in [-0.39, 0.29) is 11.5 Å². The van der Waals surface area contributed by atoms with E-state index >= 15 is 0 Å². The van der Waals surface area contributed by atoms with Gasteiger partial charge < -0.3 is 9.73 Å². The lowest BCUT2D eigenvalue weighted by molar-refractivity contribution is 0.0936. The third-order valence-corrected chi connectivity index (χ3v) is 5.72. The maximum atomic E-state index is 13.9. The zero-order chi connectivity index (χ0) is 22.4. The van der Waals surface area contributed by atoms with Gasteiger partial charge in [-0.1, -0.05) is 54.6 Å². The van der Waals surface area contributed by atoms with Crippen LogP contribution in [0.4, 0.5) is 5.69 Å². The predicted molar refractivity (Wildman–Crippen MR) is 126 cm³/mol. The van der Waals surface area contributed by atoms with E-state index in [1.165, 1.54) is 9.69 Å². The van der Waals surface area contributed by atoms with Crippen molar-refractivity contribution in [2.24, 2.45) is 0 Å². The number of fused-ring (bicyclic) bond motifs is 2. The molecule has 2 aromatic heterocycles. The molecule has 160 valence electrons. The smallest absolute Gasteiger partial charge is 0.280 e. The van der Waals surface area contributed by atoms with Crippen molar-refractivity contribution in [2.45, 2.75) is 6.17 Å². The van der Waals surface area contributed by atoms with E-state index < -0.39 is 6.17 Å². The Hall–Kier alpha value is -4.65. The fraction of sp³-hybridized carbons (Fsp3) is 0.0385. The lowest BCUT2D eigenvalue weighted by Gasteiger charge is -2.37. The van der Waals surface area contributed by atoms with Gasteiger partial charge in [0.15, 0.2) is 12.0 Å². The third-order valence-electron chi connectivity index (χ3n) is 5.72. The Morgan fingerprint density at radius 2 is 1.58 bits per heavy atom. The normalized spacial score (nSPS) is 15.3. The van der Waals surface area contributed by atoms with Crippen LogP contribution in [0.2, 0.25) is 0 Å². The van der Waals surface area contributed by atoms with Crippen molar-refractivity contribution in [3.8, 4) is 11.4 Å². The highest BCUT2D eigenvalue weighted by Crippen LogP contribution is 2.33. The molecule has 5 aromatic rings. The van der Waals surface area contributed by atoms with Gasteiger partial charge in [0.1, 0.15) is 5.76 Å². The van der Waals surface area contributed by atoms with Crippen LogP contribution in [0, 0.1) is 0 Å². The molecule has 1 atom stereocenters. The molecule has 33 heavy (non-hydrogen) atoms. The number of para-hydroxylation sites is 2. The molecule has 3 heterocycles. The molecular weight excluding hydrogens is 416 g/mol. The number of benzene rings is 3. The number of furan rings is 1. The SMILES string of the molecule is O=C1c2ccccc2NC(c2ccco2)N1n1c(-c2ccccc2)nc2ccccc2c1=O. The molecule has 0 fully saturated rings. The standard InChI is InChI=1S/C26H18N4O3/c31-25-18-11-4-6-13-20(18)27-23(17-9-2-1-3-10-17)29(25)30-24(22-15-8-16-33-22)28-21-14-7-5-12-19(21)26(30)32/h1-16,24,28H. The first kappa shape index (κ1) is 19.1. The monoisotopic (exact) mass is 434 g/mol. The van der Waals surface area contributed by atoms with Crippen molar-refractivity contribution in [3.63, 3.8) is 0 Å². The van der Waals surface area contributed by atoms with Crippen LogP contribution >= 0.6 is 0 Å². The fourth-order valence-corrected chi connectivity index (χ4v) is 4.19. The summed E-state index contributed by atoms with van der Waals surface area (Å²) in [6.07, 6.45) is 0.796. The van der Waals surface area contributed by atoms with Gasteiger partial charge in [0.25, 0.3) is 11.5 Å². The molecule has 0 aliphatic carbocycles. The number of carbonyl (C=O) groups excluding carboxylic acids is 1. The van der Waals surface area contributed by atoms with E-state index in [0.717, 1.165) is 0 Å². The summed E-state index contributed by atoms with van der Waals surface area (Å²) in [6, 6.07) is 27.2. The second-order valence-corrected chi connectivity index (χ2v) is 7.69. The first-order valence-electron chi connectivity index (χ1n) is 10.5. The summed E-state index contributed by atoms with van der Waals surface area (Å²) in [4.78, 5) is 32.5. The topological polar surface area (TPSA) is 80.4 Å². The highest BCUT2D eigenvalue weighted by molar-refractivity contribution is 6.08. The highest BCUT2D eigenvalue weighted by Gasteiger charge is 2.38. The van der Waals surface area contributed by atoms with E-state index in [0.29, 0.717) is 39.3 Å². The van der Waals surface area contributed by atoms with Gasteiger partial charge in [0.05, 0.1) is 22.7 Å². The van der Waals surface area contributed by atoms with Crippen LogP contribution < -0.4 is 15.9 Å². The van der Waals surface area contributed by atoms with Gasteiger partial charge in [-0.2, -0.15) is 4.68 Å². The van der Waals surface area contributed by atoms with Gasteiger partial charge >= 0.3 is 0 Å². The van der Waals surface area contributed by atoms with Gasteiger partial charge in [0, 0.05) is 11.3 Å². The van der Waals surface area contributed by atoms with E-state index in [9.17, 15) is 9.59 Å². The Kier molecular flexibility index (Phi) is 4.33. The number of nitrogens with one attached hydrogen (secondary N) is 1. The minimum atomic E-state index is -0.745. The van der Waals surface area contributed by atoms with E-state index in [4.69, 9.17) is 9.40 Å². The largest absolute Gasteiger partial charge is 0.465 e. The summed E-state index contributed by atoms with van der Waals surface area (Å²) < 4.78 is 7.03. The summed E-state index contributed by atoms with van der Waals surface area (Å²) in [5.41, 5.74) is 2.06. The number of nitrogens with zero attached hydrogens (tertiary/aromatic N) is 3. The number of aromatic nitrogens is 2. The number of hydrogen-bond acceptors (Lipinski definition) is 5. The zero-order valence-corrected chi connectivity index (χ0v) is 17.4. The highest BCUT2D eigenvalue weighted by atomic mass is 16.3. The summed E-state index contributed by atoms with van der Waals surface area (Å²) in [6.45, 7) is 0. The van der Waals surface area contributed by atoms with Gasteiger partial charge in [-0.25, -0.2) is 9.99 Å². The minimum Gasteiger partial charge on any atom is -0.465 e. The zero-order valence-electron chi connectivity index (χ0n) is 17.4. The van der Waals surface area contributed by atoms with Gasteiger partial charge in [-0.3, -0.25) is 9.59 Å². The Morgan fingerprint density at radius 3 is 2.39 bits per heavy atom.